The van der Waals surface area contributed by atoms with E-state index < -0.39 is 5.97 Å². The van der Waals surface area contributed by atoms with Gasteiger partial charge in [-0.1, -0.05) is 24.3 Å². The summed E-state index contributed by atoms with van der Waals surface area (Å²) in [6.45, 7) is 3.93. The van der Waals surface area contributed by atoms with Crippen LogP contribution < -0.4 is 5.32 Å². The molecule has 0 saturated heterocycles. The van der Waals surface area contributed by atoms with E-state index in [-0.39, 0.29) is 30.2 Å². The number of methoxy groups -OCH3 is 1. The molecule has 0 spiro atoms. The highest BCUT2D eigenvalue weighted by Crippen LogP contribution is 2.36. The lowest BCUT2D eigenvalue weighted by Crippen LogP contribution is -2.36. The molecule has 0 radical (unpaired) electrons. The third-order valence-electron chi connectivity index (χ3n) is 4.61. The van der Waals surface area contributed by atoms with Crippen LogP contribution in [0.3, 0.4) is 0 Å². The largest absolute Gasteiger partial charge is 0.468 e. The van der Waals surface area contributed by atoms with E-state index >= 15 is 0 Å². The highest BCUT2D eigenvalue weighted by Gasteiger charge is 2.26. The van der Waals surface area contributed by atoms with Gasteiger partial charge in [-0.2, -0.15) is 0 Å². The molecule has 1 aliphatic heterocycles. The molecule has 0 fully saturated rings. The molecule has 2 aromatic rings. The van der Waals surface area contributed by atoms with Gasteiger partial charge in [-0.25, -0.2) is 0 Å². The number of aryl methyl sites for hydroxylation is 1. The maximum Gasteiger partial charge on any atom is 0.325 e. The number of hydrogen-bond acceptors (Lipinski definition) is 5. The maximum absolute atomic E-state index is 13.1. The van der Waals surface area contributed by atoms with E-state index in [9.17, 15) is 14.4 Å². The molecule has 1 heterocycles. The van der Waals surface area contributed by atoms with Crippen molar-refractivity contribution in [3.63, 3.8) is 0 Å². The SMILES string of the molecule is COC(=O)CN(Cc1ccccc1C)C(=O)c1ccc2c(c1)NC(=O)C(C)S2. The Morgan fingerprint density at radius 1 is 1.21 bits per heavy atom. The first kappa shape index (κ1) is 19.9. The number of nitrogens with one attached hydrogen (secondary N) is 1. The van der Waals surface area contributed by atoms with Crippen molar-refractivity contribution in [3.8, 4) is 0 Å². The Morgan fingerprint density at radius 2 is 1.96 bits per heavy atom. The number of anilines is 1. The topological polar surface area (TPSA) is 75.7 Å². The highest BCUT2D eigenvalue weighted by atomic mass is 32.2. The van der Waals surface area contributed by atoms with Crippen LogP contribution in [-0.4, -0.2) is 41.6 Å². The number of thioether (sulfide) groups is 1. The first-order valence-corrected chi connectivity index (χ1v) is 9.79. The number of carbonyl (C=O) groups excluding carboxylic acids is 3. The number of carbonyl (C=O) groups is 3. The van der Waals surface area contributed by atoms with Crippen molar-refractivity contribution in [2.45, 2.75) is 30.5 Å². The summed E-state index contributed by atoms with van der Waals surface area (Å²) < 4.78 is 4.76. The van der Waals surface area contributed by atoms with Gasteiger partial charge in [0, 0.05) is 17.0 Å². The summed E-state index contributed by atoms with van der Waals surface area (Å²) in [5.74, 6) is -0.875. The van der Waals surface area contributed by atoms with E-state index in [1.165, 1.54) is 23.8 Å². The standard InChI is InChI=1S/C21H22N2O4S/c1-13-6-4-5-7-16(13)11-23(12-19(24)27-3)21(26)15-8-9-18-17(10-15)22-20(25)14(2)28-18/h4-10,14H,11-12H2,1-3H3,(H,22,25). The molecule has 28 heavy (non-hydrogen) atoms. The molecule has 2 amide bonds. The molecule has 0 saturated carbocycles. The van der Waals surface area contributed by atoms with Crippen LogP contribution in [0.4, 0.5) is 5.69 Å². The fourth-order valence-corrected chi connectivity index (χ4v) is 3.87. The number of hydrogen-bond donors (Lipinski definition) is 1. The molecule has 1 aliphatic rings. The number of benzene rings is 2. The first-order chi connectivity index (χ1) is 13.4. The fraction of sp³-hybridized carbons (Fsp3) is 0.286. The van der Waals surface area contributed by atoms with Crippen molar-refractivity contribution in [1.82, 2.24) is 4.90 Å². The van der Waals surface area contributed by atoms with Gasteiger partial charge in [-0.3, -0.25) is 14.4 Å². The van der Waals surface area contributed by atoms with Crippen molar-refractivity contribution < 1.29 is 19.1 Å². The average Bonchev–Trinajstić information content (AvgIpc) is 2.69. The van der Waals surface area contributed by atoms with E-state index in [0.717, 1.165) is 16.0 Å². The van der Waals surface area contributed by atoms with Crippen LogP contribution in [0.25, 0.3) is 0 Å². The van der Waals surface area contributed by atoms with Crippen LogP contribution in [0.2, 0.25) is 0 Å². The average molecular weight is 398 g/mol. The number of nitrogens with zero attached hydrogens (tertiary/aromatic N) is 1. The molecular formula is C21H22N2O4S. The summed E-state index contributed by atoms with van der Waals surface area (Å²) >= 11 is 1.46. The lowest BCUT2D eigenvalue weighted by molar-refractivity contribution is -0.141. The third kappa shape index (κ3) is 4.36. The second kappa shape index (κ2) is 8.48. The minimum Gasteiger partial charge on any atom is -0.468 e. The quantitative estimate of drug-likeness (QED) is 0.783. The van der Waals surface area contributed by atoms with Gasteiger partial charge in [0.25, 0.3) is 5.91 Å². The number of rotatable bonds is 5. The zero-order valence-corrected chi connectivity index (χ0v) is 16.8. The Hall–Kier alpha value is -2.80. The van der Waals surface area contributed by atoms with E-state index in [0.29, 0.717) is 11.3 Å². The predicted molar refractivity (Wildman–Crippen MR) is 108 cm³/mol. The minimum absolute atomic E-state index is 0.0894. The van der Waals surface area contributed by atoms with Gasteiger partial charge in [0.05, 0.1) is 18.0 Å². The summed E-state index contributed by atoms with van der Waals surface area (Å²) in [6.07, 6.45) is 0. The summed E-state index contributed by atoms with van der Waals surface area (Å²) in [5.41, 5.74) is 3.02. The molecule has 1 atom stereocenters. The van der Waals surface area contributed by atoms with Gasteiger partial charge in [0.2, 0.25) is 5.91 Å². The lowest BCUT2D eigenvalue weighted by Gasteiger charge is -2.25. The summed E-state index contributed by atoms with van der Waals surface area (Å²) in [4.78, 5) is 39.3. The van der Waals surface area contributed by atoms with E-state index in [1.54, 1.807) is 12.1 Å². The van der Waals surface area contributed by atoms with Gasteiger partial charge in [0.15, 0.2) is 0 Å². The summed E-state index contributed by atoms with van der Waals surface area (Å²) in [5, 5.41) is 2.66. The van der Waals surface area contributed by atoms with Crippen LogP contribution in [0.5, 0.6) is 0 Å². The molecule has 1 unspecified atom stereocenters. The van der Waals surface area contributed by atoms with Crippen LogP contribution in [0, 0.1) is 6.92 Å². The first-order valence-electron chi connectivity index (χ1n) is 8.91. The lowest BCUT2D eigenvalue weighted by atomic mass is 10.1. The molecule has 2 aromatic carbocycles. The van der Waals surface area contributed by atoms with Crippen LogP contribution in [0.1, 0.15) is 28.4 Å². The molecule has 0 aromatic heterocycles. The molecular weight excluding hydrogens is 376 g/mol. The molecule has 0 aliphatic carbocycles. The van der Waals surface area contributed by atoms with Gasteiger partial charge in [0.1, 0.15) is 6.54 Å². The second-order valence-electron chi connectivity index (χ2n) is 6.62. The van der Waals surface area contributed by atoms with Crippen LogP contribution in [-0.2, 0) is 20.9 Å². The van der Waals surface area contributed by atoms with Crippen molar-refractivity contribution >= 4 is 35.2 Å². The molecule has 6 nitrogen and oxygen atoms in total. The number of ether oxygens (including phenoxy) is 1. The Morgan fingerprint density at radius 3 is 2.68 bits per heavy atom. The zero-order valence-electron chi connectivity index (χ0n) is 16.0. The third-order valence-corrected chi connectivity index (χ3v) is 5.79. The van der Waals surface area contributed by atoms with Gasteiger partial charge < -0.3 is 15.0 Å². The number of amides is 2. The fourth-order valence-electron chi connectivity index (χ4n) is 2.94. The van der Waals surface area contributed by atoms with Gasteiger partial charge in [-0.05, 0) is 43.2 Å². The number of esters is 1. The zero-order chi connectivity index (χ0) is 20.3. The van der Waals surface area contributed by atoms with Crippen LogP contribution >= 0.6 is 11.8 Å². The Bertz CT molecular complexity index is 928. The Balaban J connectivity index is 1.88. The molecule has 3 rings (SSSR count). The molecule has 0 bridgehead atoms. The van der Waals surface area contributed by atoms with Crippen molar-refractivity contribution in [3.05, 3.63) is 59.2 Å². The minimum atomic E-state index is -0.488. The van der Waals surface area contributed by atoms with Crippen molar-refractivity contribution in [2.75, 3.05) is 19.0 Å². The summed E-state index contributed by atoms with van der Waals surface area (Å²) in [7, 11) is 1.30. The predicted octanol–water partition coefficient (Wildman–Crippen LogP) is 3.24. The molecule has 1 N–H and O–H groups in total. The van der Waals surface area contributed by atoms with Crippen molar-refractivity contribution in [2.24, 2.45) is 0 Å². The van der Waals surface area contributed by atoms with Gasteiger partial charge in [-0.15, -0.1) is 11.8 Å². The van der Waals surface area contributed by atoms with E-state index in [1.807, 2.05) is 44.2 Å². The smallest absolute Gasteiger partial charge is 0.325 e. The molecule has 7 heteroatoms. The van der Waals surface area contributed by atoms with E-state index in [2.05, 4.69) is 5.32 Å². The Kier molecular flexibility index (Phi) is 6.04. The Labute approximate surface area is 168 Å². The normalized spacial score (nSPS) is 15.4. The monoisotopic (exact) mass is 398 g/mol. The van der Waals surface area contributed by atoms with Crippen LogP contribution in [0.15, 0.2) is 47.4 Å². The second-order valence-corrected chi connectivity index (χ2v) is 8.01. The maximum atomic E-state index is 13.1. The van der Waals surface area contributed by atoms with Crippen molar-refractivity contribution in [1.29, 1.82) is 0 Å². The highest BCUT2D eigenvalue weighted by molar-refractivity contribution is 8.00. The summed E-state index contributed by atoms with van der Waals surface area (Å²) in [6, 6.07) is 12.9. The van der Waals surface area contributed by atoms with E-state index in [4.69, 9.17) is 4.74 Å². The van der Waals surface area contributed by atoms with Gasteiger partial charge >= 0.3 is 5.97 Å². The molecule has 146 valence electrons. The number of fused-ring (bicyclic) bond motifs is 1.